The van der Waals surface area contributed by atoms with E-state index in [1.807, 2.05) is 0 Å². The Morgan fingerprint density at radius 3 is 2.10 bits per heavy atom. The van der Waals surface area contributed by atoms with Gasteiger partial charge in [0, 0.05) is 13.0 Å². The van der Waals surface area contributed by atoms with Crippen LogP contribution in [0.25, 0.3) is 0 Å². The minimum atomic E-state index is -1.42. The molecule has 0 saturated carbocycles. The summed E-state index contributed by atoms with van der Waals surface area (Å²) in [5.74, 6) is -3.54. The van der Waals surface area contributed by atoms with Crippen molar-refractivity contribution in [2.45, 2.75) is 75.7 Å². The van der Waals surface area contributed by atoms with E-state index in [-0.39, 0.29) is 31.8 Å². The van der Waals surface area contributed by atoms with Crippen molar-refractivity contribution in [1.82, 2.24) is 16.0 Å². The fourth-order valence-electron chi connectivity index (χ4n) is 3.66. The summed E-state index contributed by atoms with van der Waals surface area (Å²) in [6.07, 6.45) is 0.591. The van der Waals surface area contributed by atoms with Crippen LogP contribution in [-0.4, -0.2) is 83.2 Å². The number of carbonyl (C=O) groups is 4. The Balaban J connectivity index is 2.98. The van der Waals surface area contributed by atoms with Gasteiger partial charge in [-0.3, -0.25) is 19.4 Å². The van der Waals surface area contributed by atoms with Crippen LogP contribution in [0.4, 0.5) is 0 Å². The molecule has 218 valence electrons. The molecular formula is C25H42N8O6. The topological polar surface area (TPSA) is 261 Å². The van der Waals surface area contributed by atoms with Crippen molar-refractivity contribution in [3.63, 3.8) is 0 Å². The molecular weight excluding hydrogens is 508 g/mol. The molecule has 14 heteroatoms. The van der Waals surface area contributed by atoms with Gasteiger partial charge in [0.2, 0.25) is 17.7 Å². The molecule has 0 aliphatic heterocycles. The van der Waals surface area contributed by atoms with Crippen LogP contribution in [0.15, 0.2) is 35.3 Å². The molecule has 1 rings (SSSR count). The summed E-state index contributed by atoms with van der Waals surface area (Å²) < 4.78 is 0. The summed E-state index contributed by atoms with van der Waals surface area (Å²) in [4.78, 5) is 54.4. The average Bonchev–Trinajstić information content (AvgIpc) is 2.88. The first-order chi connectivity index (χ1) is 18.5. The van der Waals surface area contributed by atoms with Crippen LogP contribution in [0, 0.1) is 0 Å². The Hall–Kier alpha value is -3.75. The highest BCUT2D eigenvalue weighted by atomic mass is 16.4. The molecule has 5 atom stereocenters. The van der Waals surface area contributed by atoms with Gasteiger partial charge in [0.05, 0.1) is 12.1 Å². The van der Waals surface area contributed by atoms with E-state index in [4.69, 9.17) is 22.9 Å². The van der Waals surface area contributed by atoms with E-state index in [9.17, 15) is 29.4 Å². The molecule has 0 spiro atoms. The number of hydrogen-bond acceptors (Lipinski definition) is 8. The number of hydrogen-bond donors (Lipinski definition) is 9. The smallest absolute Gasteiger partial charge is 0.326 e. The van der Waals surface area contributed by atoms with Gasteiger partial charge in [0.1, 0.15) is 18.1 Å². The fraction of sp³-hybridized carbons (Fsp3) is 0.560. The second kappa shape index (κ2) is 17.7. The number of carbonyl (C=O) groups excluding carboxylic acids is 3. The molecule has 39 heavy (non-hydrogen) atoms. The monoisotopic (exact) mass is 550 g/mol. The Bertz CT molecular complexity index is 955. The Morgan fingerprint density at radius 2 is 1.54 bits per heavy atom. The van der Waals surface area contributed by atoms with Gasteiger partial charge in [0.15, 0.2) is 5.96 Å². The van der Waals surface area contributed by atoms with Gasteiger partial charge in [-0.05, 0) is 51.1 Å². The SMILES string of the molecule is CC(O)C(NC(=O)C(N)CCCN=C(N)N)C(=O)NC(Cc1ccccc1)C(=O)NC(CCCCN)C(=O)O. The number of guanidine groups is 1. The molecule has 13 N–H and O–H groups in total. The number of nitrogens with one attached hydrogen (secondary N) is 3. The molecule has 0 radical (unpaired) electrons. The molecule has 0 saturated heterocycles. The van der Waals surface area contributed by atoms with Gasteiger partial charge in [-0.15, -0.1) is 0 Å². The first-order valence-electron chi connectivity index (χ1n) is 12.8. The highest BCUT2D eigenvalue weighted by Crippen LogP contribution is 2.08. The number of nitrogens with zero attached hydrogens (tertiary/aromatic N) is 1. The molecule has 5 unspecified atom stereocenters. The van der Waals surface area contributed by atoms with Crippen molar-refractivity contribution in [1.29, 1.82) is 0 Å². The molecule has 0 fully saturated rings. The number of rotatable bonds is 18. The number of aliphatic hydroxyl groups is 1. The number of benzene rings is 1. The zero-order valence-corrected chi connectivity index (χ0v) is 22.2. The highest BCUT2D eigenvalue weighted by molar-refractivity contribution is 5.94. The number of unbranched alkanes of at least 4 members (excludes halogenated alkanes) is 1. The van der Waals surface area contributed by atoms with Crippen molar-refractivity contribution < 1.29 is 29.4 Å². The van der Waals surface area contributed by atoms with Gasteiger partial charge in [-0.1, -0.05) is 30.3 Å². The maximum absolute atomic E-state index is 13.1. The van der Waals surface area contributed by atoms with Crippen molar-refractivity contribution >= 4 is 29.7 Å². The maximum Gasteiger partial charge on any atom is 0.326 e. The lowest BCUT2D eigenvalue weighted by atomic mass is 10.0. The number of aliphatic imine (C=N–C) groups is 1. The van der Waals surface area contributed by atoms with Crippen LogP contribution < -0.4 is 38.9 Å². The van der Waals surface area contributed by atoms with Gasteiger partial charge in [0.25, 0.3) is 0 Å². The fourth-order valence-corrected chi connectivity index (χ4v) is 3.66. The predicted molar refractivity (Wildman–Crippen MR) is 146 cm³/mol. The summed E-state index contributed by atoms with van der Waals surface area (Å²) in [6, 6.07) is 4.00. The van der Waals surface area contributed by atoms with E-state index in [0.29, 0.717) is 31.4 Å². The normalized spacial score (nSPS) is 14.7. The number of aliphatic carboxylic acids is 1. The highest BCUT2D eigenvalue weighted by Gasteiger charge is 2.32. The quantitative estimate of drug-likeness (QED) is 0.0534. The van der Waals surface area contributed by atoms with E-state index in [1.54, 1.807) is 30.3 Å². The Labute approximate surface area is 228 Å². The summed E-state index contributed by atoms with van der Waals surface area (Å²) in [6.45, 7) is 1.96. The van der Waals surface area contributed by atoms with Crippen molar-refractivity contribution in [2.24, 2.45) is 27.9 Å². The third-order valence-electron chi connectivity index (χ3n) is 5.84. The van der Waals surface area contributed by atoms with Crippen molar-refractivity contribution in [3.8, 4) is 0 Å². The summed E-state index contributed by atoms with van der Waals surface area (Å²) >= 11 is 0. The van der Waals surface area contributed by atoms with E-state index < -0.39 is 54.0 Å². The number of carboxylic acids is 1. The van der Waals surface area contributed by atoms with E-state index in [1.165, 1.54) is 6.92 Å². The third-order valence-corrected chi connectivity index (χ3v) is 5.84. The lowest BCUT2D eigenvalue weighted by molar-refractivity contribution is -0.142. The zero-order valence-electron chi connectivity index (χ0n) is 22.2. The molecule has 3 amide bonds. The zero-order chi connectivity index (χ0) is 29.4. The Kier molecular flexibility index (Phi) is 15.1. The van der Waals surface area contributed by atoms with Gasteiger partial charge >= 0.3 is 5.97 Å². The number of aliphatic hydroxyl groups excluding tert-OH is 1. The largest absolute Gasteiger partial charge is 0.480 e. The molecule has 0 bridgehead atoms. The van der Waals surface area contributed by atoms with Crippen LogP contribution in [-0.2, 0) is 25.6 Å². The second-order valence-electron chi connectivity index (χ2n) is 9.22. The minimum Gasteiger partial charge on any atom is -0.480 e. The standard InChI is InChI=1S/C25H42N8O6/c1-15(34)20(33-21(35)17(27)10-7-13-30-25(28)29)23(37)32-19(14-16-8-3-2-4-9-16)22(36)31-18(24(38)39)11-5-6-12-26/h2-4,8-9,15,17-20,34H,5-7,10-14,26-27H2,1H3,(H,31,36)(H,32,37)(H,33,35)(H,38,39)(H4,28,29,30). The third kappa shape index (κ3) is 13.0. The second-order valence-corrected chi connectivity index (χ2v) is 9.22. The molecule has 0 heterocycles. The molecule has 0 aromatic heterocycles. The summed E-state index contributed by atoms with van der Waals surface area (Å²) in [5, 5.41) is 27.2. The molecule has 14 nitrogen and oxygen atoms in total. The average molecular weight is 551 g/mol. The number of amides is 3. The van der Waals surface area contributed by atoms with Crippen LogP contribution >= 0.6 is 0 Å². The lowest BCUT2D eigenvalue weighted by Gasteiger charge is -2.26. The van der Waals surface area contributed by atoms with Crippen LogP contribution in [0.3, 0.4) is 0 Å². The first-order valence-corrected chi connectivity index (χ1v) is 12.8. The van der Waals surface area contributed by atoms with E-state index in [0.717, 1.165) is 0 Å². The first kappa shape index (κ1) is 33.3. The minimum absolute atomic E-state index is 0.0400. The van der Waals surface area contributed by atoms with Gasteiger partial charge < -0.3 is 49.1 Å². The predicted octanol–water partition coefficient (Wildman–Crippen LogP) is -2.34. The van der Waals surface area contributed by atoms with Gasteiger partial charge in [-0.25, -0.2) is 4.79 Å². The molecule has 0 aliphatic rings. The van der Waals surface area contributed by atoms with Crippen molar-refractivity contribution in [3.05, 3.63) is 35.9 Å². The molecule has 1 aromatic rings. The summed E-state index contributed by atoms with van der Waals surface area (Å²) in [5.41, 5.74) is 22.6. The Morgan fingerprint density at radius 1 is 0.897 bits per heavy atom. The maximum atomic E-state index is 13.1. The van der Waals surface area contributed by atoms with Crippen LogP contribution in [0.2, 0.25) is 0 Å². The number of nitrogens with two attached hydrogens (primary N) is 4. The molecule has 0 aliphatic carbocycles. The van der Waals surface area contributed by atoms with Crippen LogP contribution in [0.1, 0.15) is 44.6 Å². The van der Waals surface area contributed by atoms with Crippen molar-refractivity contribution in [2.75, 3.05) is 13.1 Å². The van der Waals surface area contributed by atoms with Gasteiger partial charge in [-0.2, -0.15) is 0 Å². The molecule has 1 aromatic carbocycles. The van der Waals surface area contributed by atoms with E-state index >= 15 is 0 Å². The van der Waals surface area contributed by atoms with Crippen LogP contribution in [0.5, 0.6) is 0 Å². The lowest BCUT2D eigenvalue weighted by Crippen LogP contribution is -2.60. The number of carboxylic acid groups (broad SMARTS) is 1. The van der Waals surface area contributed by atoms with E-state index in [2.05, 4.69) is 20.9 Å². The summed E-state index contributed by atoms with van der Waals surface area (Å²) in [7, 11) is 0.